The maximum absolute atomic E-state index is 11.1. The lowest BCUT2D eigenvalue weighted by Gasteiger charge is -1.91. The lowest BCUT2D eigenvalue weighted by Crippen LogP contribution is -1.98. The quantitative estimate of drug-likeness (QED) is 0.906. The molecular formula is C12H11NO3S. The summed E-state index contributed by atoms with van der Waals surface area (Å²) in [4.78, 5) is 15.4. The van der Waals surface area contributed by atoms with E-state index in [2.05, 4.69) is 4.98 Å². The number of carboxylic acid groups (broad SMARTS) is 1. The van der Waals surface area contributed by atoms with Gasteiger partial charge in [0.15, 0.2) is 0 Å². The molecule has 0 unspecified atom stereocenters. The van der Waals surface area contributed by atoms with E-state index in [1.165, 1.54) is 0 Å². The smallest absolute Gasteiger partial charge is 0.373 e. The highest BCUT2D eigenvalue weighted by Gasteiger charge is 2.33. The third kappa shape index (κ3) is 1.76. The zero-order valence-corrected chi connectivity index (χ0v) is 10.1. The van der Waals surface area contributed by atoms with E-state index in [0.717, 1.165) is 24.0 Å². The highest BCUT2D eigenvalue weighted by Crippen LogP contribution is 2.42. The summed E-state index contributed by atoms with van der Waals surface area (Å²) < 4.78 is 5.40. The first-order chi connectivity index (χ1) is 8.16. The predicted molar refractivity (Wildman–Crippen MR) is 63.5 cm³/mol. The van der Waals surface area contributed by atoms with E-state index in [1.54, 1.807) is 11.3 Å². The molecule has 2 aromatic heterocycles. The number of rotatable bonds is 3. The zero-order chi connectivity index (χ0) is 12.0. The molecule has 0 bridgehead atoms. The fourth-order valence-corrected chi connectivity index (χ4v) is 2.64. The maximum Gasteiger partial charge on any atom is 0.373 e. The molecule has 3 rings (SSSR count). The van der Waals surface area contributed by atoms with Gasteiger partial charge >= 0.3 is 5.97 Å². The summed E-state index contributed by atoms with van der Waals surface area (Å²) in [6.07, 6.45) is 2.02. The molecular weight excluding hydrogens is 238 g/mol. The Morgan fingerprint density at radius 1 is 1.53 bits per heavy atom. The summed E-state index contributed by atoms with van der Waals surface area (Å²) >= 11 is 1.56. The molecule has 1 fully saturated rings. The predicted octanol–water partition coefficient (Wildman–Crippen LogP) is 3.29. The topological polar surface area (TPSA) is 63.3 Å². The molecule has 1 N–H and O–H groups in total. The van der Waals surface area contributed by atoms with Crippen molar-refractivity contribution in [3.05, 3.63) is 27.8 Å². The van der Waals surface area contributed by atoms with Crippen LogP contribution in [0.15, 0.2) is 15.2 Å². The first-order valence-electron chi connectivity index (χ1n) is 5.44. The summed E-state index contributed by atoms with van der Waals surface area (Å²) in [6.45, 7) is 1.97. The molecule has 4 nitrogen and oxygen atoms in total. The number of aromatic carboxylic acids is 1. The molecule has 0 saturated heterocycles. The summed E-state index contributed by atoms with van der Waals surface area (Å²) in [5, 5.41) is 13.0. The summed E-state index contributed by atoms with van der Waals surface area (Å²) in [5.41, 5.74) is 2.57. The molecule has 0 aromatic carbocycles. The van der Waals surface area contributed by atoms with Gasteiger partial charge in [0.05, 0.1) is 11.3 Å². The standard InChI is InChI=1S/C12H11NO3S/c1-6-4-17-5-8(6)11-13-9(7-2-3-7)10(16-11)12(14)15/h4-5,7H,2-3H2,1H3,(H,14,15). The minimum atomic E-state index is -1.03. The molecule has 2 heterocycles. The van der Waals surface area contributed by atoms with E-state index in [1.807, 2.05) is 17.7 Å². The fraction of sp³-hybridized carbons (Fsp3) is 0.333. The van der Waals surface area contributed by atoms with Crippen LogP contribution >= 0.6 is 11.3 Å². The van der Waals surface area contributed by atoms with E-state index < -0.39 is 5.97 Å². The maximum atomic E-state index is 11.1. The van der Waals surface area contributed by atoms with Crippen molar-refractivity contribution in [3.63, 3.8) is 0 Å². The van der Waals surface area contributed by atoms with E-state index in [0.29, 0.717) is 11.6 Å². The number of hydrogen-bond acceptors (Lipinski definition) is 4. The second-order valence-corrected chi connectivity index (χ2v) is 5.02. The number of oxazole rings is 1. The van der Waals surface area contributed by atoms with Crippen molar-refractivity contribution in [1.82, 2.24) is 4.98 Å². The monoisotopic (exact) mass is 249 g/mol. The molecule has 0 aliphatic heterocycles. The summed E-state index contributed by atoms with van der Waals surface area (Å²) in [6, 6.07) is 0. The van der Waals surface area contributed by atoms with Gasteiger partial charge in [-0.1, -0.05) is 0 Å². The Bertz CT molecular complexity index is 580. The van der Waals surface area contributed by atoms with E-state index in [9.17, 15) is 4.79 Å². The minimum absolute atomic E-state index is 0.00750. The van der Waals surface area contributed by atoms with Crippen LogP contribution in [0.3, 0.4) is 0 Å². The number of carboxylic acids is 1. The molecule has 0 radical (unpaired) electrons. The fourth-order valence-electron chi connectivity index (χ4n) is 1.81. The number of carbonyl (C=O) groups is 1. The van der Waals surface area contributed by atoms with Gasteiger partial charge in [0.25, 0.3) is 0 Å². The first kappa shape index (κ1) is 10.5. The molecule has 0 atom stereocenters. The second kappa shape index (κ2) is 3.70. The van der Waals surface area contributed by atoms with Crippen LogP contribution in [0.5, 0.6) is 0 Å². The molecule has 2 aromatic rings. The van der Waals surface area contributed by atoms with Gasteiger partial charge in [-0.25, -0.2) is 9.78 Å². The molecule has 0 amide bonds. The van der Waals surface area contributed by atoms with Crippen LogP contribution in [-0.4, -0.2) is 16.1 Å². The molecule has 88 valence electrons. The third-order valence-corrected chi connectivity index (χ3v) is 3.76. The Kier molecular flexibility index (Phi) is 2.29. The van der Waals surface area contributed by atoms with E-state index in [-0.39, 0.29) is 11.7 Å². The Morgan fingerprint density at radius 3 is 2.82 bits per heavy atom. The SMILES string of the molecule is Cc1cscc1-c1nc(C2CC2)c(C(=O)O)o1. The van der Waals surface area contributed by atoms with Gasteiger partial charge in [0.1, 0.15) is 0 Å². The molecule has 1 aliphatic carbocycles. The van der Waals surface area contributed by atoms with Gasteiger partial charge in [-0.3, -0.25) is 0 Å². The highest BCUT2D eigenvalue weighted by molar-refractivity contribution is 7.08. The van der Waals surface area contributed by atoms with Crippen molar-refractivity contribution in [2.75, 3.05) is 0 Å². The highest BCUT2D eigenvalue weighted by atomic mass is 32.1. The molecule has 1 aliphatic rings. The molecule has 5 heteroatoms. The number of hydrogen-bond donors (Lipinski definition) is 1. The number of thiophene rings is 1. The van der Waals surface area contributed by atoms with E-state index in [4.69, 9.17) is 9.52 Å². The van der Waals surface area contributed by atoms with Gasteiger partial charge in [-0.05, 0) is 30.7 Å². The van der Waals surface area contributed by atoms with Crippen LogP contribution in [0.1, 0.15) is 40.6 Å². The van der Waals surface area contributed by atoms with Crippen molar-refractivity contribution in [2.45, 2.75) is 25.7 Å². The zero-order valence-electron chi connectivity index (χ0n) is 9.27. The Hall–Kier alpha value is -1.62. The van der Waals surface area contributed by atoms with Crippen LogP contribution in [-0.2, 0) is 0 Å². The Balaban J connectivity index is 2.10. The average Bonchev–Trinajstić information content (AvgIpc) is 2.88. The third-order valence-electron chi connectivity index (χ3n) is 2.90. The van der Waals surface area contributed by atoms with Crippen molar-refractivity contribution in [2.24, 2.45) is 0 Å². The van der Waals surface area contributed by atoms with Crippen LogP contribution in [0, 0.1) is 6.92 Å². The number of aromatic nitrogens is 1. The first-order valence-corrected chi connectivity index (χ1v) is 6.38. The Morgan fingerprint density at radius 2 is 2.29 bits per heavy atom. The largest absolute Gasteiger partial charge is 0.475 e. The van der Waals surface area contributed by atoms with Gasteiger partial charge in [0, 0.05) is 11.3 Å². The van der Waals surface area contributed by atoms with Crippen molar-refractivity contribution >= 4 is 17.3 Å². The molecule has 1 saturated carbocycles. The van der Waals surface area contributed by atoms with Gasteiger partial charge in [-0.15, -0.1) is 0 Å². The van der Waals surface area contributed by atoms with Crippen LogP contribution in [0.25, 0.3) is 11.5 Å². The van der Waals surface area contributed by atoms with Crippen molar-refractivity contribution < 1.29 is 14.3 Å². The second-order valence-electron chi connectivity index (χ2n) is 4.28. The number of nitrogens with zero attached hydrogens (tertiary/aromatic N) is 1. The average molecular weight is 249 g/mol. The summed E-state index contributed by atoms with van der Waals surface area (Å²) in [5.74, 6) is -0.313. The van der Waals surface area contributed by atoms with Gasteiger partial charge in [-0.2, -0.15) is 11.3 Å². The summed E-state index contributed by atoms with van der Waals surface area (Å²) in [7, 11) is 0. The Labute approximate surface area is 102 Å². The molecule has 17 heavy (non-hydrogen) atoms. The normalized spacial score (nSPS) is 15.1. The van der Waals surface area contributed by atoms with Gasteiger partial charge in [0.2, 0.25) is 11.7 Å². The minimum Gasteiger partial charge on any atom is -0.475 e. The van der Waals surface area contributed by atoms with Crippen molar-refractivity contribution in [3.8, 4) is 11.5 Å². The number of aryl methyl sites for hydroxylation is 1. The van der Waals surface area contributed by atoms with Gasteiger partial charge < -0.3 is 9.52 Å². The lowest BCUT2D eigenvalue weighted by atomic mass is 10.2. The van der Waals surface area contributed by atoms with Crippen molar-refractivity contribution in [1.29, 1.82) is 0 Å². The molecule has 0 spiro atoms. The van der Waals surface area contributed by atoms with Crippen LogP contribution < -0.4 is 0 Å². The van der Waals surface area contributed by atoms with Crippen LogP contribution in [0.4, 0.5) is 0 Å². The lowest BCUT2D eigenvalue weighted by molar-refractivity contribution is 0.0661. The van der Waals surface area contributed by atoms with E-state index >= 15 is 0 Å². The van der Waals surface area contributed by atoms with Crippen LogP contribution in [0.2, 0.25) is 0 Å².